The van der Waals surface area contributed by atoms with E-state index in [0.717, 1.165) is 22.5 Å². The minimum atomic E-state index is -0.318. The fraction of sp³-hybridized carbons (Fsp3) is 0.250. The summed E-state index contributed by atoms with van der Waals surface area (Å²) < 4.78 is 4.53. The molecule has 0 radical (unpaired) electrons. The van der Waals surface area contributed by atoms with E-state index in [2.05, 4.69) is 15.0 Å². The Morgan fingerprint density at radius 3 is 2.52 bits per heavy atom. The van der Waals surface area contributed by atoms with Crippen molar-refractivity contribution in [3.63, 3.8) is 0 Å². The van der Waals surface area contributed by atoms with Crippen molar-refractivity contribution in [2.75, 3.05) is 12.4 Å². The molecule has 2 aromatic rings. The summed E-state index contributed by atoms with van der Waals surface area (Å²) in [5, 5.41) is 2.76. The van der Waals surface area contributed by atoms with Gasteiger partial charge < -0.3 is 15.0 Å². The lowest BCUT2D eigenvalue weighted by atomic mass is 10.2. The van der Waals surface area contributed by atoms with Crippen LogP contribution in [0.15, 0.2) is 30.3 Å². The lowest BCUT2D eigenvalue weighted by Crippen LogP contribution is -2.03. The molecule has 0 saturated heterocycles. The number of carbonyl (C=O) groups is 2. The van der Waals surface area contributed by atoms with Crippen LogP contribution in [0.1, 0.15) is 27.3 Å². The molecule has 0 saturated carbocycles. The van der Waals surface area contributed by atoms with Crippen LogP contribution < -0.4 is 5.32 Å². The van der Waals surface area contributed by atoms with Gasteiger partial charge in [0.25, 0.3) is 0 Å². The number of hydrogen-bond donors (Lipinski definition) is 2. The smallest absolute Gasteiger partial charge is 0.354 e. The molecule has 1 aliphatic rings. The maximum absolute atomic E-state index is 10.9. The standard InChI is InChI=1S/C8H11NO2.C8H7NO/c1-5-4-7(8(10)11-3)9-6(5)2;10-8-5-6-3-1-2-4-7(6)9-8/h4,9H,1-3H3;1-4H,5H2,(H,9,10). The molecule has 110 valence electrons. The molecule has 5 nitrogen and oxygen atoms in total. The van der Waals surface area contributed by atoms with Crippen LogP contribution in [-0.4, -0.2) is 24.0 Å². The van der Waals surface area contributed by atoms with Gasteiger partial charge in [-0.2, -0.15) is 0 Å². The molecular formula is C16H18N2O3. The van der Waals surface area contributed by atoms with E-state index in [1.807, 2.05) is 38.1 Å². The molecule has 2 N–H and O–H groups in total. The predicted molar refractivity (Wildman–Crippen MR) is 80.4 cm³/mol. The highest BCUT2D eigenvalue weighted by atomic mass is 16.5. The molecule has 0 atom stereocenters. The Labute approximate surface area is 123 Å². The van der Waals surface area contributed by atoms with Crippen molar-refractivity contribution in [3.8, 4) is 0 Å². The number of amides is 1. The summed E-state index contributed by atoms with van der Waals surface area (Å²) >= 11 is 0. The minimum absolute atomic E-state index is 0.0983. The van der Waals surface area contributed by atoms with Gasteiger partial charge in [0.05, 0.1) is 13.5 Å². The third kappa shape index (κ3) is 3.51. The van der Waals surface area contributed by atoms with Crippen LogP contribution in [0.25, 0.3) is 0 Å². The molecular weight excluding hydrogens is 268 g/mol. The SMILES string of the molecule is COC(=O)c1cc(C)c(C)[nH]1.O=C1Cc2ccccc2N1. The number of ether oxygens (including phenoxy) is 1. The van der Waals surface area contributed by atoms with Crippen LogP contribution in [0.4, 0.5) is 5.69 Å². The Bertz CT molecular complexity index is 627. The van der Waals surface area contributed by atoms with Crippen molar-refractivity contribution < 1.29 is 14.3 Å². The van der Waals surface area contributed by atoms with E-state index in [0.29, 0.717) is 12.1 Å². The molecule has 3 rings (SSSR count). The number of methoxy groups -OCH3 is 1. The number of aryl methyl sites for hydroxylation is 2. The molecule has 5 heteroatoms. The number of aromatic amines is 1. The first-order chi connectivity index (χ1) is 10.0. The topological polar surface area (TPSA) is 71.2 Å². The molecule has 0 aliphatic carbocycles. The average molecular weight is 286 g/mol. The first kappa shape index (κ1) is 14.8. The molecule has 0 spiro atoms. The number of esters is 1. The molecule has 0 fully saturated rings. The molecule has 0 bridgehead atoms. The van der Waals surface area contributed by atoms with Crippen LogP contribution in [0.3, 0.4) is 0 Å². The summed E-state index contributed by atoms with van der Waals surface area (Å²) in [7, 11) is 1.37. The van der Waals surface area contributed by atoms with Gasteiger partial charge in [-0.3, -0.25) is 4.79 Å². The first-order valence-electron chi connectivity index (χ1n) is 6.63. The zero-order valence-electron chi connectivity index (χ0n) is 12.3. The van der Waals surface area contributed by atoms with Gasteiger partial charge >= 0.3 is 5.97 Å². The number of aromatic nitrogens is 1. The number of carbonyl (C=O) groups excluding carboxylic acids is 2. The van der Waals surface area contributed by atoms with Crippen molar-refractivity contribution in [3.05, 3.63) is 52.8 Å². The summed E-state index contributed by atoms with van der Waals surface area (Å²) in [6.07, 6.45) is 0.538. The molecule has 0 unspecified atom stereocenters. The summed E-state index contributed by atoms with van der Waals surface area (Å²) in [6, 6.07) is 9.53. The Balaban J connectivity index is 0.000000154. The Kier molecular flexibility index (Phi) is 4.42. The molecule has 1 aliphatic heterocycles. The van der Waals surface area contributed by atoms with Crippen molar-refractivity contribution in [2.45, 2.75) is 20.3 Å². The van der Waals surface area contributed by atoms with Crippen LogP contribution >= 0.6 is 0 Å². The van der Waals surface area contributed by atoms with E-state index in [-0.39, 0.29) is 11.9 Å². The van der Waals surface area contributed by atoms with E-state index < -0.39 is 0 Å². The normalized spacial score (nSPS) is 12.0. The maximum Gasteiger partial charge on any atom is 0.354 e. The number of para-hydroxylation sites is 1. The van der Waals surface area contributed by atoms with Crippen LogP contribution in [0, 0.1) is 13.8 Å². The Morgan fingerprint density at radius 1 is 1.24 bits per heavy atom. The number of H-pyrrole nitrogens is 1. The summed E-state index contributed by atoms with van der Waals surface area (Å²) in [6.45, 7) is 3.86. The van der Waals surface area contributed by atoms with Gasteiger partial charge in [-0.1, -0.05) is 18.2 Å². The van der Waals surface area contributed by atoms with Crippen LogP contribution in [-0.2, 0) is 16.0 Å². The van der Waals surface area contributed by atoms with Gasteiger partial charge in [-0.15, -0.1) is 0 Å². The number of anilines is 1. The largest absolute Gasteiger partial charge is 0.464 e. The highest BCUT2D eigenvalue weighted by molar-refractivity contribution is 5.98. The predicted octanol–water partition coefficient (Wildman–Crippen LogP) is 2.60. The monoisotopic (exact) mass is 286 g/mol. The van der Waals surface area contributed by atoms with Gasteiger partial charge in [-0.25, -0.2) is 4.79 Å². The Hall–Kier alpha value is -2.56. The van der Waals surface area contributed by atoms with E-state index >= 15 is 0 Å². The van der Waals surface area contributed by atoms with Gasteiger partial charge in [0, 0.05) is 11.4 Å². The third-order valence-corrected chi connectivity index (χ3v) is 3.32. The van der Waals surface area contributed by atoms with Crippen molar-refractivity contribution in [2.24, 2.45) is 0 Å². The Morgan fingerprint density at radius 2 is 1.95 bits per heavy atom. The molecule has 1 amide bonds. The fourth-order valence-corrected chi connectivity index (χ4v) is 2.05. The molecule has 1 aromatic heterocycles. The average Bonchev–Trinajstić information content (AvgIpc) is 3.01. The second-order valence-corrected chi connectivity index (χ2v) is 4.86. The van der Waals surface area contributed by atoms with Crippen LogP contribution in [0.5, 0.6) is 0 Å². The van der Waals surface area contributed by atoms with E-state index in [1.165, 1.54) is 7.11 Å². The fourth-order valence-electron chi connectivity index (χ4n) is 2.05. The van der Waals surface area contributed by atoms with Gasteiger partial charge in [-0.05, 0) is 37.1 Å². The number of rotatable bonds is 1. The van der Waals surface area contributed by atoms with E-state index in [9.17, 15) is 9.59 Å². The van der Waals surface area contributed by atoms with Crippen molar-refractivity contribution in [1.29, 1.82) is 0 Å². The number of hydrogen-bond acceptors (Lipinski definition) is 3. The van der Waals surface area contributed by atoms with Gasteiger partial charge in [0.15, 0.2) is 0 Å². The van der Waals surface area contributed by atoms with Crippen molar-refractivity contribution in [1.82, 2.24) is 4.98 Å². The first-order valence-corrected chi connectivity index (χ1v) is 6.63. The molecule has 2 heterocycles. The summed E-state index contributed by atoms with van der Waals surface area (Å²) in [5.41, 5.74) is 4.67. The summed E-state index contributed by atoms with van der Waals surface area (Å²) in [4.78, 5) is 24.6. The lowest BCUT2D eigenvalue weighted by Gasteiger charge is -1.93. The van der Waals surface area contributed by atoms with Crippen molar-refractivity contribution >= 4 is 17.6 Å². The zero-order chi connectivity index (χ0) is 15.4. The van der Waals surface area contributed by atoms with Gasteiger partial charge in [0.1, 0.15) is 5.69 Å². The molecule has 1 aromatic carbocycles. The second kappa shape index (κ2) is 6.26. The highest BCUT2D eigenvalue weighted by Crippen LogP contribution is 2.21. The van der Waals surface area contributed by atoms with Crippen LogP contribution in [0.2, 0.25) is 0 Å². The lowest BCUT2D eigenvalue weighted by molar-refractivity contribution is -0.115. The quantitative estimate of drug-likeness (QED) is 0.792. The number of benzene rings is 1. The number of fused-ring (bicyclic) bond motifs is 1. The number of nitrogens with one attached hydrogen (secondary N) is 2. The molecule has 21 heavy (non-hydrogen) atoms. The minimum Gasteiger partial charge on any atom is -0.464 e. The van der Waals surface area contributed by atoms with E-state index in [1.54, 1.807) is 6.07 Å². The van der Waals surface area contributed by atoms with Gasteiger partial charge in [0.2, 0.25) is 5.91 Å². The van der Waals surface area contributed by atoms with E-state index in [4.69, 9.17) is 0 Å². The zero-order valence-corrected chi connectivity index (χ0v) is 12.3. The summed E-state index contributed by atoms with van der Waals surface area (Å²) in [5.74, 6) is -0.220. The maximum atomic E-state index is 10.9. The second-order valence-electron chi connectivity index (χ2n) is 4.86. The third-order valence-electron chi connectivity index (χ3n) is 3.32. The highest BCUT2D eigenvalue weighted by Gasteiger charge is 2.15.